The minimum absolute atomic E-state index is 0.0559. The fourth-order valence-corrected chi connectivity index (χ4v) is 3.18. The second kappa shape index (κ2) is 14.2. The predicted octanol–water partition coefficient (Wildman–Crippen LogP) is 3.91. The molecular weight excluding hydrogens is 420 g/mol. The van der Waals surface area contributed by atoms with Crippen molar-refractivity contribution >= 4 is 29.1 Å². The summed E-state index contributed by atoms with van der Waals surface area (Å²) in [7, 11) is 0. The van der Waals surface area contributed by atoms with Gasteiger partial charge in [0.25, 0.3) is 11.8 Å². The molecule has 0 aliphatic heterocycles. The van der Waals surface area contributed by atoms with Crippen LogP contribution in [0.3, 0.4) is 0 Å². The molecule has 0 fully saturated rings. The zero-order valence-electron chi connectivity index (χ0n) is 19.0. The van der Waals surface area contributed by atoms with Crippen LogP contribution < -0.4 is 21.3 Å². The number of hydrogen-bond donors (Lipinski definition) is 4. The Labute approximate surface area is 196 Å². The number of benzene rings is 2. The summed E-state index contributed by atoms with van der Waals surface area (Å²) in [5.74, 6) is -0.112. The minimum Gasteiger partial charge on any atom is -0.359 e. The lowest BCUT2D eigenvalue weighted by Crippen LogP contribution is -2.34. The largest absolute Gasteiger partial charge is 0.359 e. The monoisotopic (exact) mass is 454 g/mol. The van der Waals surface area contributed by atoms with Crippen molar-refractivity contribution in [1.82, 2.24) is 21.3 Å². The molecule has 0 bridgehead atoms. The summed E-state index contributed by atoms with van der Waals surface area (Å²) in [6.45, 7) is 6.60. The van der Waals surface area contributed by atoms with Gasteiger partial charge in [-0.05, 0) is 60.5 Å². The minimum atomic E-state index is -0.0559. The maximum Gasteiger partial charge on any atom is 0.251 e. The lowest BCUT2D eigenvalue weighted by Gasteiger charge is -2.12. The Kier molecular flexibility index (Phi) is 11.2. The van der Waals surface area contributed by atoms with Crippen LogP contribution in [0.5, 0.6) is 0 Å². The molecule has 4 N–H and O–H groups in total. The maximum absolute atomic E-state index is 12.2. The average Bonchev–Trinajstić information content (AvgIpc) is 2.82. The SMILES string of the molecule is CCCCNC(=O)c1cccc(CNC(=S)NCc2cccc(C(=O)NCCCC)c2)c1. The second-order valence-corrected chi connectivity index (χ2v) is 8.06. The van der Waals surface area contributed by atoms with E-state index in [1.165, 1.54) is 0 Å². The van der Waals surface area contributed by atoms with Gasteiger partial charge in [-0.15, -0.1) is 0 Å². The Morgan fingerprint density at radius 3 is 1.56 bits per heavy atom. The molecule has 0 aromatic heterocycles. The average molecular weight is 455 g/mol. The molecule has 0 saturated heterocycles. The highest BCUT2D eigenvalue weighted by Crippen LogP contribution is 2.07. The fourth-order valence-electron chi connectivity index (χ4n) is 3.03. The van der Waals surface area contributed by atoms with Gasteiger partial charge >= 0.3 is 0 Å². The number of unbranched alkanes of at least 4 members (excludes halogenated alkanes) is 2. The van der Waals surface area contributed by atoms with Crippen molar-refractivity contribution in [3.8, 4) is 0 Å². The van der Waals surface area contributed by atoms with Crippen LogP contribution in [-0.2, 0) is 13.1 Å². The summed E-state index contributed by atoms with van der Waals surface area (Å²) >= 11 is 5.38. The molecule has 2 aromatic rings. The van der Waals surface area contributed by atoms with Crippen LogP contribution >= 0.6 is 12.2 Å². The van der Waals surface area contributed by atoms with E-state index in [0.717, 1.165) is 36.8 Å². The van der Waals surface area contributed by atoms with Crippen LogP contribution in [0.2, 0.25) is 0 Å². The van der Waals surface area contributed by atoms with E-state index in [0.29, 0.717) is 42.4 Å². The van der Waals surface area contributed by atoms with Crippen LogP contribution in [0.4, 0.5) is 0 Å². The molecule has 2 aromatic carbocycles. The van der Waals surface area contributed by atoms with Gasteiger partial charge in [-0.3, -0.25) is 9.59 Å². The highest BCUT2D eigenvalue weighted by molar-refractivity contribution is 7.80. The van der Waals surface area contributed by atoms with Crippen molar-refractivity contribution in [1.29, 1.82) is 0 Å². The molecule has 2 rings (SSSR count). The Bertz CT molecular complexity index is 830. The summed E-state index contributed by atoms with van der Waals surface area (Å²) < 4.78 is 0. The Hall–Kier alpha value is -2.93. The van der Waals surface area contributed by atoms with Gasteiger partial charge in [0.1, 0.15) is 0 Å². The van der Waals surface area contributed by atoms with Crippen LogP contribution in [-0.4, -0.2) is 30.0 Å². The van der Waals surface area contributed by atoms with Crippen LogP contribution in [0.1, 0.15) is 71.4 Å². The second-order valence-electron chi connectivity index (χ2n) is 7.66. The van der Waals surface area contributed by atoms with Crippen molar-refractivity contribution in [3.05, 3.63) is 70.8 Å². The number of thiocarbonyl (C=S) groups is 1. The van der Waals surface area contributed by atoms with Crippen molar-refractivity contribution in [2.75, 3.05) is 13.1 Å². The topological polar surface area (TPSA) is 82.3 Å². The molecule has 0 unspecified atom stereocenters. The van der Waals surface area contributed by atoms with E-state index in [9.17, 15) is 9.59 Å². The highest BCUT2D eigenvalue weighted by Gasteiger charge is 2.07. The molecule has 2 amide bonds. The molecule has 172 valence electrons. The first-order chi connectivity index (χ1) is 15.5. The maximum atomic E-state index is 12.2. The van der Waals surface area contributed by atoms with Crippen LogP contribution in [0.25, 0.3) is 0 Å². The Balaban J connectivity index is 1.80. The molecule has 0 aliphatic carbocycles. The number of amides is 2. The summed E-state index contributed by atoms with van der Waals surface area (Å²) in [6.07, 6.45) is 4.04. The third kappa shape index (κ3) is 9.06. The fraction of sp³-hybridized carbons (Fsp3) is 0.400. The van der Waals surface area contributed by atoms with E-state index in [1.54, 1.807) is 0 Å². The lowest BCUT2D eigenvalue weighted by molar-refractivity contribution is 0.0945. The van der Waals surface area contributed by atoms with Gasteiger partial charge < -0.3 is 21.3 Å². The van der Waals surface area contributed by atoms with E-state index >= 15 is 0 Å². The Morgan fingerprint density at radius 2 is 1.16 bits per heavy atom. The van der Waals surface area contributed by atoms with Crippen molar-refractivity contribution in [2.24, 2.45) is 0 Å². The molecule has 0 atom stereocenters. The molecule has 7 heteroatoms. The number of hydrogen-bond acceptors (Lipinski definition) is 3. The molecule has 0 aliphatic rings. The molecule has 32 heavy (non-hydrogen) atoms. The van der Waals surface area contributed by atoms with Gasteiger partial charge in [-0.25, -0.2) is 0 Å². The zero-order chi connectivity index (χ0) is 23.2. The van der Waals surface area contributed by atoms with E-state index < -0.39 is 0 Å². The van der Waals surface area contributed by atoms with Crippen molar-refractivity contribution < 1.29 is 9.59 Å². The number of carbonyl (C=O) groups excluding carboxylic acids is 2. The first-order valence-corrected chi connectivity index (χ1v) is 11.7. The van der Waals surface area contributed by atoms with Crippen molar-refractivity contribution in [3.63, 3.8) is 0 Å². The van der Waals surface area contributed by atoms with Gasteiger partial charge in [-0.2, -0.15) is 0 Å². The Morgan fingerprint density at radius 1 is 0.719 bits per heavy atom. The first kappa shape index (κ1) is 25.3. The van der Waals surface area contributed by atoms with Gasteiger partial charge in [-0.1, -0.05) is 51.0 Å². The molecule has 6 nitrogen and oxygen atoms in total. The van der Waals surface area contributed by atoms with E-state index in [2.05, 4.69) is 35.1 Å². The summed E-state index contributed by atoms with van der Waals surface area (Å²) in [6, 6.07) is 15.0. The molecule has 0 radical (unpaired) electrons. The quantitative estimate of drug-likeness (QED) is 0.289. The number of carbonyl (C=O) groups is 2. The number of nitrogens with one attached hydrogen (secondary N) is 4. The van der Waals surface area contributed by atoms with Crippen molar-refractivity contribution in [2.45, 2.75) is 52.6 Å². The van der Waals surface area contributed by atoms with Gasteiger partial charge in [0, 0.05) is 37.3 Å². The summed E-state index contributed by atoms with van der Waals surface area (Å²) in [4.78, 5) is 24.4. The standard InChI is InChI=1S/C25H34N4O2S/c1-3-5-13-26-23(30)21-11-7-9-19(15-21)17-28-25(32)29-18-20-10-8-12-22(16-20)24(31)27-14-6-4-2/h7-12,15-16H,3-6,13-14,17-18H2,1-2H3,(H,26,30)(H,27,31)(H2,28,29,32). The summed E-state index contributed by atoms with van der Waals surface area (Å²) in [5.41, 5.74) is 3.24. The highest BCUT2D eigenvalue weighted by atomic mass is 32.1. The molecule has 0 saturated carbocycles. The zero-order valence-corrected chi connectivity index (χ0v) is 19.8. The van der Waals surface area contributed by atoms with Crippen LogP contribution in [0, 0.1) is 0 Å². The number of rotatable bonds is 12. The molecule has 0 spiro atoms. The molecule has 0 heterocycles. The van der Waals surface area contributed by atoms with Gasteiger partial charge in [0.2, 0.25) is 0 Å². The van der Waals surface area contributed by atoms with E-state index in [4.69, 9.17) is 12.2 Å². The normalized spacial score (nSPS) is 10.3. The first-order valence-electron chi connectivity index (χ1n) is 11.3. The van der Waals surface area contributed by atoms with E-state index in [1.807, 2.05) is 48.5 Å². The molecular formula is C25H34N4O2S. The van der Waals surface area contributed by atoms with Gasteiger partial charge in [0.05, 0.1) is 0 Å². The van der Waals surface area contributed by atoms with Crippen LogP contribution in [0.15, 0.2) is 48.5 Å². The summed E-state index contributed by atoms with van der Waals surface area (Å²) in [5, 5.41) is 12.7. The lowest BCUT2D eigenvalue weighted by atomic mass is 10.1. The van der Waals surface area contributed by atoms with E-state index in [-0.39, 0.29) is 11.8 Å². The predicted molar refractivity (Wildman–Crippen MR) is 134 cm³/mol. The third-order valence-electron chi connectivity index (χ3n) is 4.92. The third-order valence-corrected chi connectivity index (χ3v) is 5.20. The smallest absolute Gasteiger partial charge is 0.251 e. The van der Waals surface area contributed by atoms with Gasteiger partial charge in [0.15, 0.2) is 5.11 Å².